The van der Waals surface area contributed by atoms with Gasteiger partial charge in [0.15, 0.2) is 11.1 Å². The zero-order chi connectivity index (χ0) is 33.4. The van der Waals surface area contributed by atoms with Gasteiger partial charge in [-0.1, -0.05) is 48.5 Å². The predicted molar refractivity (Wildman–Crippen MR) is 171 cm³/mol. The molecule has 250 valence electrons. The highest BCUT2D eigenvalue weighted by Gasteiger charge is 2.44. The number of alkyl carbamates (subject to hydrolysis) is 2. The van der Waals surface area contributed by atoms with Crippen LogP contribution in [0.25, 0.3) is 11.1 Å². The van der Waals surface area contributed by atoms with E-state index < -0.39 is 40.8 Å². The largest absolute Gasteiger partial charge is 0.467 e. The van der Waals surface area contributed by atoms with Gasteiger partial charge in [-0.05, 0) is 81.8 Å². The lowest BCUT2D eigenvalue weighted by Crippen LogP contribution is -2.63. The minimum atomic E-state index is -1.07. The lowest BCUT2D eigenvalue weighted by molar-refractivity contribution is -0.150. The number of benzene rings is 2. The van der Waals surface area contributed by atoms with E-state index in [9.17, 15) is 19.2 Å². The van der Waals surface area contributed by atoms with Gasteiger partial charge in [0, 0.05) is 19.0 Å². The number of nitrogens with one attached hydrogen (secondary N) is 4. The van der Waals surface area contributed by atoms with Crippen LogP contribution in [0.2, 0.25) is 0 Å². The van der Waals surface area contributed by atoms with Crippen molar-refractivity contribution in [3.63, 3.8) is 0 Å². The highest BCUT2D eigenvalue weighted by atomic mass is 16.6. The Morgan fingerprint density at radius 2 is 1.22 bits per heavy atom. The molecule has 2 aromatic carbocycles. The Bertz CT molecular complexity index is 1350. The van der Waals surface area contributed by atoms with Crippen molar-refractivity contribution >= 4 is 24.1 Å². The van der Waals surface area contributed by atoms with Gasteiger partial charge in [0.2, 0.25) is 0 Å². The molecule has 46 heavy (non-hydrogen) atoms. The maximum Gasteiger partial charge on any atom is 0.408 e. The molecular weight excluding hydrogens is 592 g/mol. The number of fused-ring (bicyclic) bond motifs is 3. The first-order chi connectivity index (χ1) is 21.9. The molecular formula is C34H46N4O8. The van der Waals surface area contributed by atoms with Crippen molar-refractivity contribution in [3.05, 3.63) is 59.7 Å². The van der Waals surface area contributed by atoms with Gasteiger partial charge < -0.3 is 40.2 Å². The van der Waals surface area contributed by atoms with Crippen molar-refractivity contribution in [2.75, 3.05) is 47.0 Å². The first kappa shape index (κ1) is 34.7. The molecule has 2 saturated heterocycles. The summed E-state index contributed by atoms with van der Waals surface area (Å²) >= 11 is 0. The molecule has 0 radical (unpaired) electrons. The van der Waals surface area contributed by atoms with E-state index in [0.29, 0.717) is 25.9 Å². The third-order valence-corrected chi connectivity index (χ3v) is 8.35. The molecule has 4 N–H and O–H groups in total. The second-order valence-corrected chi connectivity index (χ2v) is 12.8. The Morgan fingerprint density at radius 3 is 1.63 bits per heavy atom. The molecule has 12 nitrogen and oxygen atoms in total. The Kier molecular flexibility index (Phi) is 11.3. The summed E-state index contributed by atoms with van der Waals surface area (Å²) in [5.74, 6) is -0.912. The summed E-state index contributed by atoms with van der Waals surface area (Å²) in [6.07, 6.45) is 1.44. The minimum absolute atomic E-state index is 0.0169. The first-order valence-electron chi connectivity index (χ1n) is 15.7. The van der Waals surface area contributed by atoms with Crippen LogP contribution < -0.4 is 21.3 Å². The van der Waals surface area contributed by atoms with Crippen molar-refractivity contribution in [3.8, 4) is 11.1 Å². The molecule has 12 heteroatoms. The van der Waals surface area contributed by atoms with E-state index in [1.807, 2.05) is 24.3 Å². The molecule has 2 fully saturated rings. The first-order valence-corrected chi connectivity index (χ1v) is 15.7. The van der Waals surface area contributed by atoms with Crippen LogP contribution in [-0.4, -0.2) is 87.8 Å². The Morgan fingerprint density at radius 1 is 0.761 bits per heavy atom. The van der Waals surface area contributed by atoms with Gasteiger partial charge in [0.25, 0.3) is 0 Å². The zero-order valence-corrected chi connectivity index (χ0v) is 27.3. The molecule has 2 heterocycles. The van der Waals surface area contributed by atoms with Gasteiger partial charge in [-0.2, -0.15) is 0 Å². The summed E-state index contributed by atoms with van der Waals surface area (Å²) in [4.78, 5) is 48.5. The summed E-state index contributed by atoms with van der Waals surface area (Å²) in [5.41, 5.74) is 1.97. The van der Waals surface area contributed by atoms with Crippen molar-refractivity contribution in [2.24, 2.45) is 0 Å². The van der Waals surface area contributed by atoms with Gasteiger partial charge >= 0.3 is 24.1 Å². The zero-order valence-electron chi connectivity index (χ0n) is 27.3. The van der Waals surface area contributed by atoms with Gasteiger partial charge in [-0.25, -0.2) is 19.2 Å². The molecule has 0 spiro atoms. The average Bonchev–Trinajstić information content (AvgIpc) is 3.36. The maximum atomic E-state index is 12.5. The molecule has 0 saturated carbocycles. The van der Waals surface area contributed by atoms with E-state index in [0.717, 1.165) is 37.1 Å². The summed E-state index contributed by atoms with van der Waals surface area (Å²) < 4.78 is 20.4. The predicted octanol–water partition coefficient (Wildman–Crippen LogP) is 3.63. The average molecular weight is 639 g/mol. The van der Waals surface area contributed by atoms with Gasteiger partial charge in [-0.15, -0.1) is 0 Å². The van der Waals surface area contributed by atoms with Gasteiger partial charge in [-0.3, -0.25) is 0 Å². The van der Waals surface area contributed by atoms with Crippen molar-refractivity contribution in [2.45, 2.75) is 69.1 Å². The van der Waals surface area contributed by atoms with Crippen molar-refractivity contribution in [1.29, 1.82) is 0 Å². The van der Waals surface area contributed by atoms with E-state index in [4.69, 9.17) is 18.9 Å². The van der Waals surface area contributed by atoms with Crippen LogP contribution in [0.15, 0.2) is 48.5 Å². The second kappa shape index (κ2) is 15.0. The fourth-order valence-corrected chi connectivity index (χ4v) is 6.19. The van der Waals surface area contributed by atoms with Crippen LogP contribution in [0.1, 0.15) is 63.5 Å². The topological polar surface area (TPSA) is 153 Å². The quantitative estimate of drug-likeness (QED) is 0.273. The highest BCUT2D eigenvalue weighted by Crippen LogP contribution is 2.44. The Labute approximate surface area is 270 Å². The summed E-state index contributed by atoms with van der Waals surface area (Å²) in [5, 5.41) is 11.6. The number of piperidine rings is 2. The van der Waals surface area contributed by atoms with Crippen LogP contribution in [0.4, 0.5) is 9.59 Å². The third kappa shape index (κ3) is 8.16. The standard InChI is InChI=1S/C22H24N2O4.C12H22N2O4/c1-27-20(25)22(11-6-12-23-14-22)24-21(26)28-13-19-17-9-4-2-7-15(17)16-8-3-5-10-18(16)19;1-11(2,3)18-10(16)14-12(9(15)17-4)6-5-7-13-8-12/h2-5,7-10,19,23H,6,11-14H2,1H3,(H,24,26);13H,5-8H2,1-4H3,(H,14,16). The lowest BCUT2D eigenvalue weighted by Gasteiger charge is -2.36. The molecule has 2 amide bonds. The van der Waals surface area contributed by atoms with Gasteiger partial charge in [0.1, 0.15) is 12.2 Å². The summed E-state index contributed by atoms with van der Waals surface area (Å²) in [7, 11) is 2.65. The molecule has 2 aliphatic heterocycles. The number of hydrogen-bond donors (Lipinski definition) is 4. The number of hydrogen-bond acceptors (Lipinski definition) is 10. The minimum Gasteiger partial charge on any atom is -0.467 e. The normalized spacial score (nSPS) is 22.1. The van der Waals surface area contributed by atoms with E-state index in [2.05, 4.69) is 45.5 Å². The monoisotopic (exact) mass is 638 g/mol. The van der Waals surface area contributed by atoms with Crippen molar-refractivity contribution < 1.29 is 38.1 Å². The van der Waals surface area contributed by atoms with E-state index >= 15 is 0 Å². The number of amides is 2. The number of carbonyl (C=O) groups is 4. The third-order valence-electron chi connectivity index (χ3n) is 8.35. The van der Waals surface area contributed by atoms with Crippen LogP contribution in [0.5, 0.6) is 0 Å². The highest BCUT2D eigenvalue weighted by molar-refractivity contribution is 5.87. The van der Waals surface area contributed by atoms with E-state index in [-0.39, 0.29) is 12.5 Å². The summed E-state index contributed by atoms with van der Waals surface area (Å²) in [6.45, 7) is 7.87. The molecule has 2 unspecified atom stereocenters. The van der Waals surface area contributed by atoms with Crippen LogP contribution >= 0.6 is 0 Å². The number of carbonyl (C=O) groups excluding carboxylic acids is 4. The van der Waals surface area contributed by atoms with E-state index in [1.54, 1.807) is 20.8 Å². The molecule has 1 aliphatic carbocycles. The molecule has 2 aromatic rings. The molecule has 0 bridgehead atoms. The van der Waals surface area contributed by atoms with Crippen LogP contribution in [-0.2, 0) is 28.5 Å². The number of methoxy groups -OCH3 is 2. The molecule has 3 aliphatic rings. The molecule has 2 atom stereocenters. The number of esters is 2. The van der Waals surface area contributed by atoms with Crippen LogP contribution in [0.3, 0.4) is 0 Å². The summed E-state index contributed by atoms with van der Waals surface area (Å²) in [6, 6.07) is 16.4. The van der Waals surface area contributed by atoms with Crippen LogP contribution in [0, 0.1) is 0 Å². The molecule has 0 aromatic heterocycles. The second-order valence-electron chi connectivity index (χ2n) is 12.8. The lowest BCUT2D eigenvalue weighted by atomic mass is 9.90. The van der Waals surface area contributed by atoms with E-state index in [1.165, 1.54) is 25.3 Å². The Balaban J connectivity index is 0.000000232. The number of rotatable bonds is 6. The number of ether oxygens (including phenoxy) is 4. The fraction of sp³-hybridized carbons (Fsp3) is 0.529. The SMILES string of the molecule is COC(=O)C1(NC(=O)OC(C)(C)C)CCCNC1.COC(=O)C1(NC(=O)OCC2c3ccccc3-c3ccccc32)CCCNC1. The maximum absolute atomic E-state index is 12.5. The molecule has 5 rings (SSSR count). The smallest absolute Gasteiger partial charge is 0.408 e. The van der Waals surface area contributed by atoms with Gasteiger partial charge in [0.05, 0.1) is 14.2 Å². The van der Waals surface area contributed by atoms with Crippen molar-refractivity contribution in [1.82, 2.24) is 21.3 Å². The Hall–Kier alpha value is -4.16. The fourth-order valence-electron chi connectivity index (χ4n) is 6.19.